The normalized spacial score (nSPS) is 11.6. The third-order valence-corrected chi connectivity index (χ3v) is 2.23. The summed E-state index contributed by atoms with van der Waals surface area (Å²) in [6.45, 7) is 1.84. The molecule has 2 aromatic heterocycles. The molecule has 0 saturated heterocycles. The molecule has 8 heteroatoms. The number of hydrogen-bond acceptors (Lipinski definition) is 6. The third kappa shape index (κ3) is 2.21. The highest BCUT2D eigenvalue weighted by Crippen LogP contribution is 2.22. The van der Waals surface area contributed by atoms with Crippen molar-refractivity contribution in [3.63, 3.8) is 0 Å². The van der Waals surface area contributed by atoms with Crippen LogP contribution in [0, 0.1) is 6.92 Å². The summed E-state index contributed by atoms with van der Waals surface area (Å²) in [5.41, 5.74) is 6.68. The summed E-state index contributed by atoms with van der Waals surface area (Å²) in [5, 5.41) is 23.2. The average molecular weight is 248 g/mol. The molecule has 94 valence electrons. The van der Waals surface area contributed by atoms with Gasteiger partial charge in [-0.2, -0.15) is 10.2 Å². The summed E-state index contributed by atoms with van der Waals surface area (Å²) in [6, 6.07) is 3.28. The van der Waals surface area contributed by atoms with Crippen molar-refractivity contribution in [2.24, 2.45) is 17.9 Å². The van der Waals surface area contributed by atoms with Crippen molar-refractivity contribution in [1.29, 1.82) is 0 Å². The summed E-state index contributed by atoms with van der Waals surface area (Å²) < 4.78 is 7.09. The topological polar surface area (TPSA) is 111 Å². The van der Waals surface area contributed by atoms with Crippen molar-refractivity contribution in [1.82, 2.24) is 20.0 Å². The number of ether oxygens (including phenoxy) is 1. The molecule has 0 radical (unpaired) electrons. The molecule has 8 nitrogen and oxygen atoms in total. The van der Waals surface area contributed by atoms with Crippen molar-refractivity contribution in [3.8, 4) is 11.8 Å². The van der Waals surface area contributed by atoms with Gasteiger partial charge in [-0.3, -0.25) is 0 Å². The number of nitrogens with two attached hydrogens (primary N) is 1. The zero-order valence-corrected chi connectivity index (χ0v) is 9.90. The number of aryl methyl sites for hydroxylation is 2. The molecular formula is C10H12N6O2. The van der Waals surface area contributed by atoms with E-state index < -0.39 is 0 Å². The van der Waals surface area contributed by atoms with Gasteiger partial charge >= 0.3 is 0 Å². The lowest BCUT2D eigenvalue weighted by Crippen LogP contribution is -2.15. The van der Waals surface area contributed by atoms with Crippen LogP contribution in [0.5, 0.6) is 11.8 Å². The number of oxime groups is 1. The second-order valence-electron chi connectivity index (χ2n) is 3.58. The Morgan fingerprint density at radius 2 is 2.33 bits per heavy atom. The van der Waals surface area contributed by atoms with Crippen LogP contribution in [-0.2, 0) is 7.05 Å². The maximum absolute atomic E-state index is 8.68. The van der Waals surface area contributed by atoms with Crippen LogP contribution in [0.25, 0.3) is 0 Å². The molecule has 0 aromatic carbocycles. The largest absolute Gasteiger partial charge is 0.419 e. The molecule has 0 atom stereocenters. The second kappa shape index (κ2) is 4.70. The van der Waals surface area contributed by atoms with Crippen LogP contribution >= 0.6 is 0 Å². The van der Waals surface area contributed by atoms with E-state index in [4.69, 9.17) is 15.7 Å². The lowest BCUT2D eigenvalue weighted by Gasteiger charge is -2.07. The molecule has 18 heavy (non-hydrogen) atoms. The van der Waals surface area contributed by atoms with E-state index in [-0.39, 0.29) is 11.7 Å². The van der Waals surface area contributed by atoms with E-state index in [9.17, 15) is 0 Å². The van der Waals surface area contributed by atoms with Gasteiger partial charge in [0.25, 0.3) is 5.88 Å². The SMILES string of the molecule is Cc1cc(Oc2nnccc2/C(N)=N/O)n(C)n1. The molecule has 2 aromatic rings. The van der Waals surface area contributed by atoms with Crippen LogP contribution < -0.4 is 10.5 Å². The lowest BCUT2D eigenvalue weighted by molar-refractivity contribution is 0.318. The van der Waals surface area contributed by atoms with Crippen molar-refractivity contribution < 1.29 is 9.94 Å². The molecule has 0 aliphatic carbocycles. The van der Waals surface area contributed by atoms with Crippen molar-refractivity contribution >= 4 is 5.84 Å². The molecular weight excluding hydrogens is 236 g/mol. The Kier molecular flexibility index (Phi) is 3.09. The summed E-state index contributed by atoms with van der Waals surface area (Å²) in [6.07, 6.45) is 1.43. The van der Waals surface area contributed by atoms with Gasteiger partial charge in [0.2, 0.25) is 5.88 Å². The number of aromatic nitrogens is 4. The quantitative estimate of drug-likeness (QED) is 0.352. The molecule has 2 heterocycles. The molecule has 0 bridgehead atoms. The van der Waals surface area contributed by atoms with Gasteiger partial charge in [-0.25, -0.2) is 4.68 Å². The van der Waals surface area contributed by atoms with Crippen molar-refractivity contribution in [3.05, 3.63) is 29.6 Å². The van der Waals surface area contributed by atoms with Gasteiger partial charge in [-0.05, 0) is 13.0 Å². The first-order chi connectivity index (χ1) is 8.61. The molecule has 0 amide bonds. The molecule has 0 aliphatic heterocycles. The molecule has 0 saturated carbocycles. The van der Waals surface area contributed by atoms with Crippen LogP contribution in [0.4, 0.5) is 0 Å². The van der Waals surface area contributed by atoms with Gasteiger partial charge in [0.15, 0.2) is 5.84 Å². The molecule has 0 unspecified atom stereocenters. The summed E-state index contributed by atoms with van der Waals surface area (Å²) in [5.74, 6) is 0.537. The highest BCUT2D eigenvalue weighted by molar-refractivity contribution is 5.98. The fraction of sp³-hybridized carbons (Fsp3) is 0.200. The molecule has 3 N–H and O–H groups in total. The van der Waals surface area contributed by atoms with Crippen LogP contribution in [0.3, 0.4) is 0 Å². The number of hydrogen-bond donors (Lipinski definition) is 2. The Morgan fingerprint density at radius 3 is 2.94 bits per heavy atom. The van der Waals surface area contributed by atoms with Gasteiger partial charge < -0.3 is 15.7 Å². The highest BCUT2D eigenvalue weighted by atomic mass is 16.5. The van der Waals surface area contributed by atoms with Gasteiger partial charge in [-0.1, -0.05) is 5.16 Å². The first kappa shape index (κ1) is 11.8. The average Bonchev–Trinajstić information content (AvgIpc) is 2.67. The Balaban J connectivity index is 2.38. The maximum Gasteiger partial charge on any atom is 0.251 e. The molecule has 2 rings (SSSR count). The summed E-state index contributed by atoms with van der Waals surface area (Å²) >= 11 is 0. The van der Waals surface area contributed by atoms with Crippen LogP contribution in [0.1, 0.15) is 11.3 Å². The summed E-state index contributed by atoms with van der Waals surface area (Å²) in [4.78, 5) is 0. The van der Waals surface area contributed by atoms with Gasteiger partial charge in [0.1, 0.15) is 0 Å². The Labute approximate surface area is 103 Å². The maximum atomic E-state index is 8.68. The lowest BCUT2D eigenvalue weighted by atomic mass is 10.3. The van der Waals surface area contributed by atoms with Gasteiger partial charge in [0.05, 0.1) is 17.5 Å². The first-order valence-electron chi connectivity index (χ1n) is 5.10. The van der Waals surface area contributed by atoms with Crippen LogP contribution in [0.2, 0.25) is 0 Å². The predicted octanol–water partition coefficient (Wildman–Crippen LogP) is 0.405. The monoisotopic (exact) mass is 248 g/mol. The van der Waals surface area contributed by atoms with E-state index in [2.05, 4.69) is 20.5 Å². The molecule has 0 aliphatic rings. The van der Waals surface area contributed by atoms with E-state index in [1.54, 1.807) is 23.9 Å². The Bertz CT molecular complexity index is 592. The van der Waals surface area contributed by atoms with E-state index in [0.717, 1.165) is 5.69 Å². The fourth-order valence-corrected chi connectivity index (χ4v) is 1.42. The zero-order valence-electron chi connectivity index (χ0n) is 9.90. The minimum Gasteiger partial charge on any atom is -0.419 e. The Morgan fingerprint density at radius 1 is 1.56 bits per heavy atom. The van der Waals surface area contributed by atoms with Crippen molar-refractivity contribution in [2.75, 3.05) is 0 Å². The van der Waals surface area contributed by atoms with Gasteiger partial charge in [0, 0.05) is 13.1 Å². The van der Waals surface area contributed by atoms with Crippen LogP contribution in [0.15, 0.2) is 23.5 Å². The van der Waals surface area contributed by atoms with E-state index in [0.29, 0.717) is 11.4 Å². The van der Waals surface area contributed by atoms with Gasteiger partial charge in [-0.15, -0.1) is 5.10 Å². The number of rotatable bonds is 3. The van der Waals surface area contributed by atoms with E-state index in [1.807, 2.05) is 6.92 Å². The Hall–Kier alpha value is -2.64. The number of amidine groups is 1. The van der Waals surface area contributed by atoms with Crippen LogP contribution in [-0.4, -0.2) is 31.0 Å². The van der Waals surface area contributed by atoms with E-state index in [1.165, 1.54) is 6.20 Å². The number of nitrogens with zero attached hydrogens (tertiary/aromatic N) is 5. The smallest absolute Gasteiger partial charge is 0.251 e. The second-order valence-corrected chi connectivity index (χ2v) is 3.58. The van der Waals surface area contributed by atoms with Crippen molar-refractivity contribution in [2.45, 2.75) is 6.92 Å². The summed E-state index contributed by atoms with van der Waals surface area (Å²) in [7, 11) is 1.74. The molecule has 0 fully saturated rings. The minimum atomic E-state index is -0.0983. The fourth-order valence-electron chi connectivity index (χ4n) is 1.42. The highest BCUT2D eigenvalue weighted by Gasteiger charge is 2.13. The zero-order chi connectivity index (χ0) is 13.1. The van der Waals surface area contributed by atoms with E-state index >= 15 is 0 Å². The molecule has 0 spiro atoms. The standard InChI is InChI=1S/C10H12N6O2/c1-6-5-8(16(2)14-6)18-10-7(9(11)15-17)3-4-12-13-10/h3-5,17H,1-2H3,(H2,11,15). The third-order valence-electron chi connectivity index (χ3n) is 2.23. The minimum absolute atomic E-state index is 0.0983. The predicted molar refractivity (Wildman–Crippen MR) is 62.6 cm³/mol. The first-order valence-corrected chi connectivity index (χ1v) is 5.10.